The molecule has 16 heavy (non-hydrogen) atoms. The number of carbonyl (C=O) groups is 1. The fourth-order valence-electron chi connectivity index (χ4n) is 2.28. The minimum absolute atomic E-state index is 0.0925. The highest BCUT2D eigenvalue weighted by atomic mass is 16.5. The summed E-state index contributed by atoms with van der Waals surface area (Å²) in [6, 6.07) is 0. The third kappa shape index (κ3) is 2.76. The van der Waals surface area contributed by atoms with Crippen LogP contribution in [0.2, 0.25) is 0 Å². The molecule has 0 aromatic heterocycles. The van der Waals surface area contributed by atoms with Crippen LogP contribution >= 0.6 is 0 Å². The normalized spacial score (nSPS) is 29.3. The van der Waals surface area contributed by atoms with Crippen molar-refractivity contribution in [2.75, 3.05) is 13.7 Å². The average molecular weight is 227 g/mol. The van der Waals surface area contributed by atoms with Crippen LogP contribution in [-0.4, -0.2) is 25.2 Å². The highest BCUT2D eigenvalue weighted by Gasteiger charge is 2.51. The smallest absolute Gasteiger partial charge is 0.326 e. The Morgan fingerprint density at radius 2 is 1.94 bits per heavy atom. The van der Waals surface area contributed by atoms with Crippen molar-refractivity contribution in [1.82, 2.24) is 5.32 Å². The van der Waals surface area contributed by atoms with Crippen LogP contribution in [0, 0.1) is 17.8 Å². The molecule has 1 fully saturated rings. The lowest BCUT2D eigenvalue weighted by atomic mass is 9.64. The van der Waals surface area contributed by atoms with Crippen molar-refractivity contribution in [2.24, 2.45) is 17.8 Å². The van der Waals surface area contributed by atoms with Crippen LogP contribution in [0.5, 0.6) is 0 Å². The lowest BCUT2D eigenvalue weighted by Gasteiger charge is -2.48. The number of rotatable bonds is 5. The van der Waals surface area contributed by atoms with E-state index in [-0.39, 0.29) is 5.97 Å². The Balaban J connectivity index is 2.57. The third-order valence-corrected chi connectivity index (χ3v) is 3.59. The van der Waals surface area contributed by atoms with Crippen LogP contribution in [0.15, 0.2) is 0 Å². The Morgan fingerprint density at radius 3 is 2.31 bits per heavy atom. The zero-order chi connectivity index (χ0) is 12.3. The van der Waals surface area contributed by atoms with E-state index in [0.29, 0.717) is 17.8 Å². The molecule has 0 bridgehead atoms. The van der Waals surface area contributed by atoms with E-state index >= 15 is 0 Å². The Bertz CT molecular complexity index is 237. The number of ether oxygens (including phenoxy) is 1. The first-order chi connectivity index (χ1) is 7.41. The van der Waals surface area contributed by atoms with E-state index in [1.165, 1.54) is 7.11 Å². The summed E-state index contributed by atoms with van der Waals surface area (Å²) in [4.78, 5) is 11.8. The molecule has 0 amide bonds. The molecule has 0 saturated heterocycles. The molecule has 0 atom stereocenters. The maximum absolute atomic E-state index is 11.8. The van der Waals surface area contributed by atoms with Gasteiger partial charge < -0.3 is 10.1 Å². The molecule has 0 radical (unpaired) electrons. The summed E-state index contributed by atoms with van der Waals surface area (Å²) in [5, 5.41) is 3.39. The molecule has 1 aliphatic rings. The Hall–Kier alpha value is -0.570. The van der Waals surface area contributed by atoms with Gasteiger partial charge in [0.15, 0.2) is 0 Å². The Kier molecular flexibility index (Phi) is 4.36. The molecular formula is C13H25NO2. The molecule has 0 aliphatic heterocycles. The van der Waals surface area contributed by atoms with Crippen molar-refractivity contribution < 1.29 is 9.53 Å². The van der Waals surface area contributed by atoms with Crippen molar-refractivity contribution in [3.8, 4) is 0 Å². The van der Waals surface area contributed by atoms with Gasteiger partial charge in [0.2, 0.25) is 0 Å². The summed E-state index contributed by atoms with van der Waals surface area (Å²) in [5.74, 6) is 1.77. The topological polar surface area (TPSA) is 38.3 Å². The monoisotopic (exact) mass is 227 g/mol. The van der Waals surface area contributed by atoms with Crippen LogP contribution in [0.4, 0.5) is 0 Å². The van der Waals surface area contributed by atoms with Gasteiger partial charge in [0, 0.05) is 0 Å². The summed E-state index contributed by atoms with van der Waals surface area (Å²) in [6.07, 6.45) is 1.84. The zero-order valence-corrected chi connectivity index (χ0v) is 11.2. The van der Waals surface area contributed by atoms with Crippen LogP contribution in [-0.2, 0) is 9.53 Å². The minimum Gasteiger partial charge on any atom is -0.468 e. The minimum atomic E-state index is -0.395. The number of esters is 1. The van der Waals surface area contributed by atoms with Gasteiger partial charge in [-0.2, -0.15) is 0 Å². The molecule has 0 aromatic rings. The van der Waals surface area contributed by atoms with E-state index in [9.17, 15) is 4.79 Å². The average Bonchev–Trinajstić information content (AvgIpc) is 2.14. The van der Waals surface area contributed by atoms with Crippen molar-refractivity contribution in [3.63, 3.8) is 0 Å². The van der Waals surface area contributed by atoms with Gasteiger partial charge in [0.25, 0.3) is 0 Å². The number of nitrogens with one attached hydrogen (secondary N) is 1. The van der Waals surface area contributed by atoms with E-state index in [4.69, 9.17) is 4.74 Å². The number of carbonyl (C=O) groups excluding carboxylic acids is 1. The number of hydrogen-bond donors (Lipinski definition) is 1. The molecule has 3 heteroatoms. The highest BCUT2D eigenvalue weighted by molar-refractivity contribution is 5.82. The number of methoxy groups -OCH3 is 1. The molecular weight excluding hydrogens is 202 g/mol. The van der Waals surface area contributed by atoms with E-state index in [1.807, 2.05) is 0 Å². The van der Waals surface area contributed by atoms with Crippen molar-refractivity contribution in [1.29, 1.82) is 0 Å². The predicted octanol–water partition coefficient (Wildman–Crippen LogP) is 2.21. The molecule has 1 saturated carbocycles. The second-order valence-electron chi connectivity index (χ2n) is 5.76. The molecule has 0 unspecified atom stereocenters. The first-order valence-corrected chi connectivity index (χ1v) is 6.24. The molecule has 0 spiro atoms. The molecule has 94 valence electrons. The van der Waals surface area contributed by atoms with Gasteiger partial charge in [-0.15, -0.1) is 0 Å². The Morgan fingerprint density at radius 1 is 1.38 bits per heavy atom. The maximum Gasteiger partial charge on any atom is 0.326 e. The van der Waals surface area contributed by atoms with Gasteiger partial charge in [0.1, 0.15) is 5.54 Å². The molecule has 1 N–H and O–H groups in total. The fraction of sp³-hybridized carbons (Fsp3) is 0.923. The third-order valence-electron chi connectivity index (χ3n) is 3.59. The van der Waals surface area contributed by atoms with Crippen molar-refractivity contribution >= 4 is 5.97 Å². The van der Waals surface area contributed by atoms with E-state index in [0.717, 1.165) is 19.4 Å². The molecule has 1 rings (SSSR count). The summed E-state index contributed by atoms with van der Waals surface area (Å²) in [5.41, 5.74) is -0.395. The van der Waals surface area contributed by atoms with Crippen molar-refractivity contribution in [3.05, 3.63) is 0 Å². The first kappa shape index (κ1) is 13.5. The predicted molar refractivity (Wildman–Crippen MR) is 65.1 cm³/mol. The van der Waals surface area contributed by atoms with Gasteiger partial charge in [-0.3, -0.25) is 4.79 Å². The molecule has 0 heterocycles. The SMILES string of the molecule is COC(=O)C1(NCC(C)C)CC(C(C)C)C1. The van der Waals surface area contributed by atoms with Crippen molar-refractivity contribution in [2.45, 2.75) is 46.1 Å². The van der Waals surface area contributed by atoms with Gasteiger partial charge in [-0.05, 0) is 37.1 Å². The summed E-state index contributed by atoms with van der Waals surface area (Å²) >= 11 is 0. The van der Waals surface area contributed by atoms with E-state index in [1.54, 1.807) is 0 Å². The summed E-state index contributed by atoms with van der Waals surface area (Å²) in [7, 11) is 1.48. The molecule has 1 aliphatic carbocycles. The van der Waals surface area contributed by atoms with Crippen LogP contribution in [0.1, 0.15) is 40.5 Å². The highest BCUT2D eigenvalue weighted by Crippen LogP contribution is 2.42. The van der Waals surface area contributed by atoms with Crippen LogP contribution < -0.4 is 5.32 Å². The summed E-state index contributed by atoms with van der Waals surface area (Å²) in [6.45, 7) is 9.61. The van der Waals surface area contributed by atoms with Gasteiger partial charge in [0.05, 0.1) is 7.11 Å². The van der Waals surface area contributed by atoms with Gasteiger partial charge in [-0.25, -0.2) is 0 Å². The van der Waals surface area contributed by atoms with E-state index in [2.05, 4.69) is 33.0 Å². The lowest BCUT2D eigenvalue weighted by Crippen LogP contribution is -2.62. The molecule has 0 aromatic carbocycles. The fourth-order valence-corrected chi connectivity index (χ4v) is 2.28. The standard InChI is InChI=1S/C13H25NO2/c1-9(2)8-14-13(12(15)16-5)6-11(7-13)10(3)4/h9-11,14H,6-8H2,1-5H3. The van der Waals surface area contributed by atoms with Gasteiger partial charge >= 0.3 is 5.97 Å². The van der Waals surface area contributed by atoms with Crippen LogP contribution in [0.3, 0.4) is 0 Å². The van der Waals surface area contributed by atoms with E-state index < -0.39 is 5.54 Å². The second-order valence-corrected chi connectivity index (χ2v) is 5.76. The zero-order valence-electron chi connectivity index (χ0n) is 11.2. The van der Waals surface area contributed by atoms with Crippen LogP contribution in [0.25, 0.3) is 0 Å². The van der Waals surface area contributed by atoms with Gasteiger partial charge in [-0.1, -0.05) is 27.7 Å². The second kappa shape index (κ2) is 5.17. The lowest BCUT2D eigenvalue weighted by molar-refractivity contribution is -0.156. The Labute approximate surface area is 98.9 Å². The molecule has 3 nitrogen and oxygen atoms in total. The maximum atomic E-state index is 11.8. The quantitative estimate of drug-likeness (QED) is 0.732. The first-order valence-electron chi connectivity index (χ1n) is 6.24. The summed E-state index contributed by atoms with van der Waals surface area (Å²) < 4.78 is 4.92. The number of hydrogen-bond acceptors (Lipinski definition) is 3. The largest absolute Gasteiger partial charge is 0.468 e.